The number of anilines is 1. The third-order valence-corrected chi connectivity index (χ3v) is 2.72. The second-order valence-corrected chi connectivity index (χ2v) is 4.09. The maximum Gasteiger partial charge on any atom is 0.292 e. The van der Waals surface area contributed by atoms with Crippen LogP contribution in [0.25, 0.3) is 0 Å². The van der Waals surface area contributed by atoms with Gasteiger partial charge in [-0.3, -0.25) is 0 Å². The number of rotatable bonds is 5. The molecule has 0 fully saturated rings. The molecule has 0 aromatic heterocycles. The van der Waals surface area contributed by atoms with Crippen LogP contribution in [0, 0.1) is 4.91 Å². The van der Waals surface area contributed by atoms with Crippen LogP contribution in [0.2, 0.25) is 0 Å². The van der Waals surface area contributed by atoms with Crippen LogP contribution in [0.15, 0.2) is 48.5 Å². The summed E-state index contributed by atoms with van der Waals surface area (Å²) in [6.07, 6.45) is 0. The highest BCUT2D eigenvalue weighted by Gasteiger charge is 2.13. The van der Waals surface area contributed by atoms with E-state index in [1.54, 1.807) is 48.5 Å². The van der Waals surface area contributed by atoms with E-state index in [9.17, 15) is 4.91 Å². The second kappa shape index (κ2) is 6.08. The van der Waals surface area contributed by atoms with E-state index in [-0.39, 0.29) is 13.2 Å². The van der Waals surface area contributed by atoms with Crippen molar-refractivity contribution in [2.45, 2.75) is 13.2 Å². The zero-order valence-corrected chi connectivity index (χ0v) is 10.3. The van der Waals surface area contributed by atoms with Crippen LogP contribution in [-0.4, -0.2) is 15.1 Å². The van der Waals surface area contributed by atoms with Crippen LogP contribution in [0.5, 0.6) is 0 Å². The maximum absolute atomic E-state index is 11.9. The normalized spacial score (nSPS) is 10.2. The monoisotopic (exact) mass is 259 g/mol. The highest BCUT2D eigenvalue weighted by molar-refractivity contribution is 5.43. The van der Waals surface area contributed by atoms with E-state index in [4.69, 9.17) is 10.2 Å². The van der Waals surface area contributed by atoms with Gasteiger partial charge in [0, 0.05) is 12.1 Å². The summed E-state index contributed by atoms with van der Waals surface area (Å²) in [6, 6.07) is 13.6. The Bertz CT molecular complexity index is 550. The number of nitroso groups, excluding NO2 is 1. The predicted octanol–water partition coefficient (Wildman–Crippen LogP) is 2.11. The first-order valence-electron chi connectivity index (χ1n) is 5.86. The van der Waals surface area contributed by atoms with E-state index >= 15 is 0 Å². The molecule has 2 aromatic rings. The molecule has 0 saturated heterocycles. The third-order valence-electron chi connectivity index (χ3n) is 2.72. The molecule has 5 heteroatoms. The molecule has 0 spiro atoms. The molecule has 0 bridgehead atoms. The molecule has 0 amide bonds. The fraction of sp³-hybridized carbons (Fsp3) is 0.143. The molecule has 5 nitrogen and oxygen atoms in total. The Morgan fingerprint density at radius 1 is 0.842 bits per heavy atom. The summed E-state index contributed by atoms with van der Waals surface area (Å²) in [5.74, 6) is 0. The summed E-state index contributed by atoms with van der Waals surface area (Å²) in [6.45, 7) is -0.0703. The van der Waals surface area contributed by atoms with Crippen molar-refractivity contribution in [3.63, 3.8) is 0 Å². The van der Waals surface area contributed by atoms with Gasteiger partial charge in [-0.05, 0) is 35.4 Å². The van der Waals surface area contributed by atoms with Gasteiger partial charge in [-0.15, -0.1) is 5.43 Å². The average molecular weight is 259 g/mol. The van der Waals surface area contributed by atoms with E-state index in [2.05, 4.69) is 5.43 Å². The first-order valence-corrected chi connectivity index (χ1v) is 5.86. The van der Waals surface area contributed by atoms with Crippen molar-refractivity contribution >= 4 is 11.4 Å². The molecule has 0 aliphatic rings. The molecular formula is C14H15N2O3+. The average Bonchev–Trinajstić information content (AvgIpc) is 2.48. The van der Waals surface area contributed by atoms with Crippen molar-refractivity contribution in [3.05, 3.63) is 64.6 Å². The minimum atomic E-state index is -0.0464. The molecule has 19 heavy (non-hydrogen) atoms. The van der Waals surface area contributed by atoms with Crippen LogP contribution < -0.4 is 5.43 Å². The van der Waals surface area contributed by atoms with E-state index in [0.717, 1.165) is 11.1 Å². The smallest absolute Gasteiger partial charge is 0.292 e. The van der Waals surface area contributed by atoms with E-state index < -0.39 is 0 Å². The Hall–Kier alpha value is -2.24. The molecule has 0 atom stereocenters. The van der Waals surface area contributed by atoms with Gasteiger partial charge < -0.3 is 10.2 Å². The Labute approximate surface area is 110 Å². The molecule has 0 aliphatic carbocycles. The molecule has 2 aromatic carbocycles. The van der Waals surface area contributed by atoms with Crippen molar-refractivity contribution < 1.29 is 15.1 Å². The number of hydrazine groups is 1. The summed E-state index contributed by atoms with van der Waals surface area (Å²) in [7, 11) is 0. The lowest BCUT2D eigenvalue weighted by atomic mass is 10.2. The largest absolute Gasteiger partial charge is 0.392 e. The number of benzene rings is 2. The van der Waals surface area contributed by atoms with Gasteiger partial charge in [-0.2, -0.15) is 0 Å². The van der Waals surface area contributed by atoms with Gasteiger partial charge in [-0.25, -0.2) is 0 Å². The minimum absolute atomic E-state index is 0.0238. The van der Waals surface area contributed by atoms with Crippen molar-refractivity contribution in [1.82, 2.24) is 0 Å². The molecule has 0 radical (unpaired) electrons. The number of nitrogens with zero attached hydrogens (tertiary/aromatic N) is 1. The minimum Gasteiger partial charge on any atom is -0.392 e. The lowest BCUT2D eigenvalue weighted by Crippen LogP contribution is -2.10. The first-order chi connectivity index (χ1) is 9.22. The lowest BCUT2D eigenvalue weighted by molar-refractivity contribution is -0.427. The Morgan fingerprint density at radius 3 is 1.79 bits per heavy atom. The van der Waals surface area contributed by atoms with Gasteiger partial charge >= 0.3 is 0 Å². The van der Waals surface area contributed by atoms with E-state index in [0.29, 0.717) is 16.2 Å². The Morgan fingerprint density at radius 2 is 1.32 bits per heavy atom. The van der Waals surface area contributed by atoms with E-state index in [1.165, 1.54) is 0 Å². The fourth-order valence-corrected chi connectivity index (χ4v) is 1.60. The van der Waals surface area contributed by atoms with Crippen LogP contribution in [0.1, 0.15) is 11.1 Å². The quantitative estimate of drug-likeness (QED) is 0.568. The molecule has 98 valence electrons. The SMILES string of the molecule is O=[N+](Nc1ccc(CO)cc1)c1ccc(CO)cc1. The zero-order valence-electron chi connectivity index (χ0n) is 10.3. The van der Waals surface area contributed by atoms with Crippen LogP contribution in [0.3, 0.4) is 0 Å². The number of aliphatic hydroxyl groups is 2. The van der Waals surface area contributed by atoms with Gasteiger partial charge in [0.15, 0.2) is 4.87 Å². The summed E-state index contributed by atoms with van der Waals surface area (Å²) in [5.41, 5.74) is 5.31. The second-order valence-electron chi connectivity index (χ2n) is 4.09. The number of hydrogen-bond donors (Lipinski definition) is 3. The summed E-state index contributed by atoms with van der Waals surface area (Å²) < 4.78 is 0. The maximum atomic E-state index is 11.9. The van der Waals surface area contributed by atoms with Gasteiger partial charge in [0.2, 0.25) is 0 Å². The van der Waals surface area contributed by atoms with Crippen LogP contribution in [0.4, 0.5) is 11.4 Å². The highest BCUT2D eigenvalue weighted by Crippen LogP contribution is 2.16. The molecule has 0 aliphatic heterocycles. The molecular weight excluding hydrogens is 244 g/mol. The number of hydrogen-bond acceptors (Lipinski definition) is 3. The van der Waals surface area contributed by atoms with Crippen molar-refractivity contribution in [2.24, 2.45) is 0 Å². The molecule has 0 saturated carbocycles. The van der Waals surface area contributed by atoms with Crippen molar-refractivity contribution in [3.8, 4) is 0 Å². The summed E-state index contributed by atoms with van der Waals surface area (Å²) in [4.78, 5) is 12.5. The molecule has 0 unspecified atom stereocenters. The van der Waals surface area contributed by atoms with Crippen LogP contribution in [-0.2, 0) is 13.2 Å². The van der Waals surface area contributed by atoms with Crippen molar-refractivity contribution in [1.29, 1.82) is 0 Å². The molecule has 0 heterocycles. The zero-order chi connectivity index (χ0) is 13.7. The van der Waals surface area contributed by atoms with Crippen molar-refractivity contribution in [2.75, 3.05) is 5.43 Å². The standard InChI is InChI=1S/C14H15N2O3/c17-9-11-1-5-13(6-2-11)15-16(19)14-7-3-12(10-18)4-8-14/h1-8,17-18H,9-10H2,(H,15,19)/q+1. The Kier molecular flexibility index (Phi) is 4.22. The molecule has 2 rings (SSSR count). The number of nitrogens with one attached hydrogen (secondary N) is 1. The Balaban J connectivity index is 2.06. The van der Waals surface area contributed by atoms with Gasteiger partial charge in [0.1, 0.15) is 5.69 Å². The van der Waals surface area contributed by atoms with Gasteiger partial charge in [0.05, 0.1) is 18.1 Å². The van der Waals surface area contributed by atoms with Crippen LogP contribution >= 0.6 is 0 Å². The lowest BCUT2D eigenvalue weighted by Gasteiger charge is -2.00. The predicted molar refractivity (Wildman–Crippen MR) is 71.6 cm³/mol. The molecule has 3 N–H and O–H groups in total. The number of aliphatic hydroxyl groups excluding tert-OH is 2. The fourth-order valence-electron chi connectivity index (χ4n) is 1.60. The highest BCUT2D eigenvalue weighted by atomic mass is 16.3. The first kappa shape index (κ1) is 13.2. The third kappa shape index (κ3) is 3.37. The van der Waals surface area contributed by atoms with Gasteiger partial charge in [-0.1, -0.05) is 12.1 Å². The topological polar surface area (TPSA) is 72.6 Å². The summed E-state index contributed by atoms with van der Waals surface area (Å²) >= 11 is 0. The van der Waals surface area contributed by atoms with E-state index in [1.807, 2.05) is 0 Å². The summed E-state index contributed by atoms with van der Waals surface area (Å²) in [5, 5.41) is 17.8. The van der Waals surface area contributed by atoms with Gasteiger partial charge in [0.25, 0.3) is 5.69 Å².